The highest BCUT2D eigenvalue weighted by Crippen LogP contribution is 2.32. The monoisotopic (exact) mass is 289 g/mol. The van der Waals surface area contributed by atoms with Crippen LogP contribution in [0.15, 0.2) is 24.3 Å². The second-order valence-electron chi connectivity index (χ2n) is 4.12. The number of benzene rings is 1. The molecule has 4 atom stereocenters. The van der Waals surface area contributed by atoms with Crippen LogP contribution in [0.4, 0.5) is 0 Å². The van der Waals surface area contributed by atoms with E-state index in [0.29, 0.717) is 5.02 Å². The van der Waals surface area contributed by atoms with Gasteiger partial charge in [-0.25, -0.2) is 0 Å². The molecule has 1 radical (unpaired) electrons. The molecule has 0 aromatic heterocycles. The number of ether oxygens (including phenoxy) is 2. The van der Waals surface area contributed by atoms with E-state index in [-0.39, 0.29) is 12.0 Å². The minimum Gasteiger partial charge on any atom is -0.451 e. The minimum absolute atomic E-state index is 0.235. The SMILES string of the molecule is OC[C@H]1O[C](Oc2ccccc2Cl)[C@H](O)[C@H](O)[C@H]1O. The maximum absolute atomic E-state index is 9.75. The summed E-state index contributed by atoms with van der Waals surface area (Å²) < 4.78 is 10.4. The molecule has 0 saturated carbocycles. The highest BCUT2D eigenvalue weighted by atomic mass is 35.5. The molecule has 1 aromatic rings. The van der Waals surface area contributed by atoms with Crippen molar-refractivity contribution in [1.82, 2.24) is 0 Å². The van der Waals surface area contributed by atoms with E-state index in [4.69, 9.17) is 26.2 Å². The fourth-order valence-electron chi connectivity index (χ4n) is 1.70. The van der Waals surface area contributed by atoms with Gasteiger partial charge in [0.1, 0.15) is 24.1 Å². The van der Waals surface area contributed by atoms with E-state index in [0.717, 1.165) is 0 Å². The second kappa shape index (κ2) is 6.04. The lowest BCUT2D eigenvalue weighted by Crippen LogP contribution is -2.56. The number of rotatable bonds is 3. The van der Waals surface area contributed by atoms with Gasteiger partial charge in [0, 0.05) is 0 Å². The molecule has 0 spiro atoms. The first kappa shape index (κ1) is 14.5. The van der Waals surface area contributed by atoms with Crippen LogP contribution in [-0.4, -0.2) is 51.4 Å². The first-order valence-electron chi connectivity index (χ1n) is 5.65. The Balaban J connectivity index is 2.13. The van der Waals surface area contributed by atoms with Crippen molar-refractivity contribution in [2.45, 2.75) is 24.4 Å². The molecule has 1 heterocycles. The van der Waals surface area contributed by atoms with Gasteiger partial charge < -0.3 is 29.9 Å². The molecule has 0 aliphatic carbocycles. The normalized spacial score (nSPS) is 32.3. The molecule has 19 heavy (non-hydrogen) atoms. The topological polar surface area (TPSA) is 99.4 Å². The van der Waals surface area contributed by atoms with Gasteiger partial charge in [-0.05, 0) is 12.1 Å². The molecule has 1 aliphatic rings. The fourth-order valence-corrected chi connectivity index (χ4v) is 1.87. The maximum atomic E-state index is 9.75. The Morgan fingerprint density at radius 3 is 2.47 bits per heavy atom. The van der Waals surface area contributed by atoms with Gasteiger partial charge in [-0.3, -0.25) is 0 Å². The second-order valence-corrected chi connectivity index (χ2v) is 4.52. The third-order valence-corrected chi connectivity index (χ3v) is 3.10. The number of aliphatic hydroxyl groups excluding tert-OH is 4. The van der Waals surface area contributed by atoms with Crippen LogP contribution in [-0.2, 0) is 4.74 Å². The van der Waals surface area contributed by atoms with Crippen molar-refractivity contribution < 1.29 is 29.9 Å². The molecule has 6 nitrogen and oxygen atoms in total. The van der Waals surface area contributed by atoms with Gasteiger partial charge in [-0.1, -0.05) is 23.7 Å². The van der Waals surface area contributed by atoms with Gasteiger partial charge in [0.25, 0.3) is 0 Å². The van der Waals surface area contributed by atoms with Crippen LogP contribution in [0.1, 0.15) is 0 Å². The van der Waals surface area contributed by atoms with Crippen LogP contribution >= 0.6 is 11.6 Å². The summed E-state index contributed by atoms with van der Waals surface area (Å²) in [4.78, 5) is 0. The molecule has 2 rings (SSSR count). The third-order valence-electron chi connectivity index (χ3n) is 2.79. The zero-order valence-electron chi connectivity index (χ0n) is 9.81. The predicted molar refractivity (Wildman–Crippen MR) is 65.3 cm³/mol. The van der Waals surface area contributed by atoms with Crippen molar-refractivity contribution in [3.63, 3.8) is 0 Å². The van der Waals surface area contributed by atoms with Crippen LogP contribution in [0, 0.1) is 6.29 Å². The molecular formula is C12H14ClO6. The molecule has 1 fully saturated rings. The minimum atomic E-state index is -1.53. The van der Waals surface area contributed by atoms with Gasteiger partial charge in [0.05, 0.1) is 11.6 Å². The van der Waals surface area contributed by atoms with Crippen molar-refractivity contribution >= 4 is 11.6 Å². The van der Waals surface area contributed by atoms with E-state index in [1.165, 1.54) is 0 Å². The summed E-state index contributed by atoms with van der Waals surface area (Å²) in [5.74, 6) is 0.235. The van der Waals surface area contributed by atoms with Crippen LogP contribution in [0.25, 0.3) is 0 Å². The Labute approximate surface area is 114 Å². The van der Waals surface area contributed by atoms with E-state index in [1.807, 2.05) is 0 Å². The van der Waals surface area contributed by atoms with Crippen molar-refractivity contribution in [3.8, 4) is 5.75 Å². The number of halogens is 1. The van der Waals surface area contributed by atoms with E-state index in [1.54, 1.807) is 24.3 Å². The Morgan fingerprint density at radius 2 is 1.84 bits per heavy atom. The molecule has 0 bridgehead atoms. The molecule has 105 valence electrons. The van der Waals surface area contributed by atoms with Crippen LogP contribution in [0.5, 0.6) is 5.75 Å². The molecule has 0 amide bonds. The van der Waals surface area contributed by atoms with E-state index < -0.39 is 31.0 Å². The van der Waals surface area contributed by atoms with Gasteiger partial charge in [0.15, 0.2) is 6.10 Å². The Bertz CT molecular complexity index is 426. The van der Waals surface area contributed by atoms with Gasteiger partial charge in [-0.15, -0.1) is 0 Å². The number of para-hydroxylation sites is 1. The maximum Gasteiger partial charge on any atom is 0.309 e. The Kier molecular flexibility index (Phi) is 4.62. The Hall–Kier alpha value is -0.890. The summed E-state index contributed by atoms with van der Waals surface area (Å²) in [7, 11) is 0. The van der Waals surface area contributed by atoms with Crippen LogP contribution in [0.3, 0.4) is 0 Å². The summed E-state index contributed by atoms with van der Waals surface area (Å²) in [6.45, 7) is -0.527. The number of hydrogen-bond donors (Lipinski definition) is 4. The average molecular weight is 290 g/mol. The third kappa shape index (κ3) is 3.00. The highest BCUT2D eigenvalue weighted by Gasteiger charge is 2.46. The molecule has 0 unspecified atom stereocenters. The van der Waals surface area contributed by atoms with Crippen LogP contribution < -0.4 is 4.74 Å². The quantitative estimate of drug-likeness (QED) is 0.609. The molecule has 4 N–H and O–H groups in total. The first-order chi connectivity index (χ1) is 9.04. The molecule has 7 heteroatoms. The smallest absolute Gasteiger partial charge is 0.309 e. The highest BCUT2D eigenvalue weighted by molar-refractivity contribution is 6.32. The van der Waals surface area contributed by atoms with E-state index in [9.17, 15) is 15.3 Å². The van der Waals surface area contributed by atoms with Crippen molar-refractivity contribution in [1.29, 1.82) is 0 Å². The first-order valence-corrected chi connectivity index (χ1v) is 6.03. The zero-order valence-corrected chi connectivity index (χ0v) is 10.6. The lowest BCUT2D eigenvalue weighted by molar-refractivity contribution is -0.224. The van der Waals surface area contributed by atoms with E-state index >= 15 is 0 Å². The van der Waals surface area contributed by atoms with Crippen molar-refractivity contribution in [2.75, 3.05) is 6.61 Å². The zero-order chi connectivity index (χ0) is 14.0. The van der Waals surface area contributed by atoms with E-state index in [2.05, 4.69) is 0 Å². The van der Waals surface area contributed by atoms with Crippen LogP contribution in [0.2, 0.25) is 5.02 Å². The standard InChI is InChI=1S/C12H14ClO6/c13-6-3-1-2-4-7(6)18-12-11(17)10(16)9(15)8(5-14)19-12/h1-4,8-11,14-17H,5H2/t8-,9+,10-,11-/m1/s1. The molecule has 1 saturated heterocycles. The molecule has 1 aromatic carbocycles. The summed E-state index contributed by atoms with van der Waals surface area (Å²) >= 11 is 5.89. The summed E-state index contributed by atoms with van der Waals surface area (Å²) in [6, 6.07) is 6.51. The Morgan fingerprint density at radius 1 is 1.16 bits per heavy atom. The number of aliphatic hydroxyl groups is 4. The number of hydrogen-bond acceptors (Lipinski definition) is 6. The largest absolute Gasteiger partial charge is 0.451 e. The summed E-state index contributed by atoms with van der Waals surface area (Å²) in [5.41, 5.74) is 0. The lowest BCUT2D eigenvalue weighted by Gasteiger charge is -2.38. The fraction of sp³-hybridized carbons (Fsp3) is 0.417. The van der Waals surface area contributed by atoms with Gasteiger partial charge in [-0.2, -0.15) is 0 Å². The average Bonchev–Trinajstić information content (AvgIpc) is 2.41. The summed E-state index contributed by atoms with van der Waals surface area (Å²) in [6.07, 6.45) is -5.84. The van der Waals surface area contributed by atoms with Gasteiger partial charge in [0.2, 0.25) is 0 Å². The summed E-state index contributed by atoms with van der Waals surface area (Å²) in [5, 5.41) is 38.3. The van der Waals surface area contributed by atoms with Gasteiger partial charge >= 0.3 is 6.29 Å². The predicted octanol–water partition coefficient (Wildman–Crippen LogP) is -0.318. The molecule has 1 aliphatic heterocycles. The molecular weight excluding hydrogens is 276 g/mol. The lowest BCUT2D eigenvalue weighted by atomic mass is 9.99. The van der Waals surface area contributed by atoms with Crippen molar-refractivity contribution in [2.24, 2.45) is 0 Å². The van der Waals surface area contributed by atoms with Crippen molar-refractivity contribution in [3.05, 3.63) is 35.6 Å².